The van der Waals surface area contributed by atoms with Crippen LogP contribution in [0, 0.1) is 13.7 Å². The van der Waals surface area contributed by atoms with Gasteiger partial charge in [-0.05, 0) is 34.7 Å². The highest BCUT2D eigenvalue weighted by Crippen LogP contribution is 2.26. The molecule has 0 amide bonds. The molecule has 1 aromatic heterocycles. The van der Waals surface area contributed by atoms with Gasteiger partial charge in [-0.3, -0.25) is 10.1 Å². The molecule has 1 aromatic carbocycles. The van der Waals surface area contributed by atoms with Crippen LogP contribution in [-0.2, 0) is 0 Å². The third kappa shape index (κ3) is 2.24. The Morgan fingerprint density at radius 3 is 2.81 bits per heavy atom. The molecule has 5 nitrogen and oxygen atoms in total. The van der Waals surface area contributed by atoms with Crippen molar-refractivity contribution < 1.29 is 4.92 Å². The van der Waals surface area contributed by atoms with Crippen LogP contribution < -0.4 is 0 Å². The number of rotatable bonds is 2. The minimum absolute atomic E-state index is 0.0221. The number of hydrogen-bond donors (Lipinski definition) is 0. The van der Waals surface area contributed by atoms with Crippen LogP contribution in [0.1, 0.15) is 0 Å². The Hall–Kier alpha value is -0.960. The van der Waals surface area contributed by atoms with E-state index in [1.54, 1.807) is 24.5 Å². The van der Waals surface area contributed by atoms with Crippen molar-refractivity contribution in [3.8, 4) is 5.69 Å². The molecular formula is C9H5BrIN3O2. The van der Waals surface area contributed by atoms with Gasteiger partial charge in [0.1, 0.15) is 5.69 Å². The number of nitrogens with zero attached hydrogens (tertiary/aromatic N) is 3. The van der Waals surface area contributed by atoms with Gasteiger partial charge in [0.25, 0.3) is 5.69 Å². The second kappa shape index (κ2) is 4.50. The quantitative estimate of drug-likeness (QED) is 0.447. The second-order valence-electron chi connectivity index (χ2n) is 2.99. The van der Waals surface area contributed by atoms with Gasteiger partial charge in [-0.25, -0.2) is 4.68 Å². The zero-order chi connectivity index (χ0) is 11.7. The van der Waals surface area contributed by atoms with Crippen molar-refractivity contribution >= 4 is 44.2 Å². The lowest BCUT2D eigenvalue weighted by atomic mass is 10.3. The summed E-state index contributed by atoms with van der Waals surface area (Å²) in [5, 5.41) is 14.9. The van der Waals surface area contributed by atoms with Crippen molar-refractivity contribution in [2.45, 2.75) is 0 Å². The Balaban J connectivity index is 2.60. The van der Waals surface area contributed by atoms with Gasteiger partial charge < -0.3 is 0 Å². The summed E-state index contributed by atoms with van der Waals surface area (Å²) in [5.74, 6) is 0. The predicted octanol–water partition coefficient (Wildman–Crippen LogP) is 3.15. The molecule has 0 radical (unpaired) electrons. The summed E-state index contributed by atoms with van der Waals surface area (Å²) in [4.78, 5) is 10.5. The molecule has 0 bridgehead atoms. The van der Waals surface area contributed by atoms with Crippen molar-refractivity contribution in [3.63, 3.8) is 0 Å². The highest BCUT2D eigenvalue weighted by atomic mass is 127. The Morgan fingerprint density at radius 1 is 1.50 bits per heavy atom. The average Bonchev–Trinajstić information content (AvgIpc) is 2.64. The lowest BCUT2D eigenvalue weighted by Crippen LogP contribution is -2.00. The van der Waals surface area contributed by atoms with Gasteiger partial charge in [0.2, 0.25) is 0 Å². The summed E-state index contributed by atoms with van der Waals surface area (Å²) < 4.78 is 3.09. The van der Waals surface area contributed by atoms with Crippen molar-refractivity contribution in [1.29, 1.82) is 0 Å². The highest BCUT2D eigenvalue weighted by Gasteiger charge is 2.16. The first-order chi connectivity index (χ1) is 7.58. The lowest BCUT2D eigenvalue weighted by molar-refractivity contribution is -0.384. The van der Waals surface area contributed by atoms with Gasteiger partial charge in [0.05, 0.1) is 14.7 Å². The Bertz CT molecular complexity index is 555. The molecule has 0 spiro atoms. The van der Waals surface area contributed by atoms with Crippen LogP contribution in [-0.4, -0.2) is 14.7 Å². The van der Waals surface area contributed by atoms with Crippen LogP contribution in [0.3, 0.4) is 0 Å². The number of benzene rings is 1. The minimum Gasteiger partial charge on any atom is -0.258 e. The van der Waals surface area contributed by atoms with E-state index in [4.69, 9.17) is 0 Å². The van der Waals surface area contributed by atoms with Gasteiger partial charge in [0, 0.05) is 16.7 Å². The van der Waals surface area contributed by atoms with E-state index in [0.29, 0.717) is 10.2 Å². The first kappa shape index (κ1) is 11.5. The number of aromatic nitrogens is 2. The van der Waals surface area contributed by atoms with Crippen LogP contribution in [0.2, 0.25) is 0 Å². The molecular weight excluding hydrogens is 389 g/mol. The maximum atomic E-state index is 10.9. The number of nitro groups is 1. The third-order valence-electron chi connectivity index (χ3n) is 1.93. The topological polar surface area (TPSA) is 61.0 Å². The molecule has 1 heterocycles. The fourth-order valence-corrected chi connectivity index (χ4v) is 2.01. The Morgan fingerprint density at radius 2 is 2.25 bits per heavy atom. The van der Waals surface area contributed by atoms with E-state index in [9.17, 15) is 10.1 Å². The first-order valence-corrected chi connectivity index (χ1v) is 6.09. The van der Waals surface area contributed by atoms with E-state index in [1.807, 2.05) is 0 Å². The van der Waals surface area contributed by atoms with Crippen molar-refractivity contribution in [2.75, 3.05) is 0 Å². The van der Waals surface area contributed by atoms with Crippen molar-refractivity contribution in [2.24, 2.45) is 0 Å². The molecule has 7 heteroatoms. The van der Waals surface area contributed by atoms with Crippen LogP contribution in [0.15, 0.2) is 35.1 Å². The minimum atomic E-state index is -0.422. The average molecular weight is 394 g/mol. The molecule has 0 N–H and O–H groups in total. The fourth-order valence-electron chi connectivity index (χ4n) is 1.27. The molecule has 0 fully saturated rings. The highest BCUT2D eigenvalue weighted by molar-refractivity contribution is 14.1. The second-order valence-corrected chi connectivity index (χ2v) is 5.15. The standard InChI is InChI=1S/C9H5BrIN3O2/c10-6-1-2-8(9(3-6)14(15)16)13-5-7(11)4-12-13/h1-5H. The maximum Gasteiger partial charge on any atom is 0.295 e. The number of hydrogen-bond acceptors (Lipinski definition) is 3. The summed E-state index contributed by atoms with van der Waals surface area (Å²) in [6, 6.07) is 4.87. The van der Waals surface area contributed by atoms with Crippen LogP contribution in [0.4, 0.5) is 5.69 Å². The summed E-state index contributed by atoms with van der Waals surface area (Å²) in [6.07, 6.45) is 3.38. The number of nitro benzene ring substituents is 1. The van der Waals surface area contributed by atoms with E-state index in [0.717, 1.165) is 3.57 Å². The first-order valence-electron chi connectivity index (χ1n) is 4.22. The van der Waals surface area contributed by atoms with Crippen LogP contribution >= 0.6 is 38.5 Å². The van der Waals surface area contributed by atoms with Gasteiger partial charge in [-0.2, -0.15) is 5.10 Å². The summed E-state index contributed by atoms with van der Waals surface area (Å²) >= 11 is 5.31. The molecule has 0 aliphatic heterocycles. The zero-order valence-electron chi connectivity index (χ0n) is 7.80. The van der Waals surface area contributed by atoms with E-state index < -0.39 is 4.92 Å². The normalized spacial score (nSPS) is 10.4. The Kier molecular flexibility index (Phi) is 3.24. The van der Waals surface area contributed by atoms with Crippen LogP contribution in [0.25, 0.3) is 5.69 Å². The summed E-state index contributed by atoms with van der Waals surface area (Å²) in [7, 11) is 0. The lowest BCUT2D eigenvalue weighted by Gasteiger charge is -2.02. The monoisotopic (exact) mass is 393 g/mol. The van der Waals surface area contributed by atoms with Gasteiger partial charge >= 0.3 is 0 Å². The smallest absolute Gasteiger partial charge is 0.258 e. The summed E-state index contributed by atoms with van der Waals surface area (Å²) in [6.45, 7) is 0. The van der Waals surface area contributed by atoms with Crippen molar-refractivity contribution in [3.05, 3.63) is 48.8 Å². The SMILES string of the molecule is O=[N+]([O-])c1cc(Br)ccc1-n1cc(I)cn1. The zero-order valence-corrected chi connectivity index (χ0v) is 11.5. The summed E-state index contributed by atoms with van der Waals surface area (Å²) in [5.41, 5.74) is 0.477. The molecule has 16 heavy (non-hydrogen) atoms. The van der Waals surface area contributed by atoms with E-state index in [1.165, 1.54) is 10.7 Å². The Labute approximate surface area is 113 Å². The molecule has 0 aliphatic carbocycles. The fraction of sp³-hybridized carbons (Fsp3) is 0. The van der Waals surface area contributed by atoms with Gasteiger partial charge in [-0.1, -0.05) is 15.9 Å². The predicted molar refractivity (Wildman–Crippen MR) is 70.6 cm³/mol. The van der Waals surface area contributed by atoms with E-state index >= 15 is 0 Å². The molecule has 2 aromatic rings. The number of halogens is 2. The molecule has 0 atom stereocenters. The molecule has 0 aliphatic rings. The maximum absolute atomic E-state index is 10.9. The third-order valence-corrected chi connectivity index (χ3v) is 2.98. The van der Waals surface area contributed by atoms with E-state index in [2.05, 4.69) is 43.6 Å². The molecule has 82 valence electrons. The van der Waals surface area contributed by atoms with E-state index in [-0.39, 0.29) is 5.69 Å². The van der Waals surface area contributed by atoms with Crippen LogP contribution in [0.5, 0.6) is 0 Å². The van der Waals surface area contributed by atoms with Gasteiger partial charge in [0.15, 0.2) is 0 Å². The molecule has 0 unspecified atom stereocenters. The largest absolute Gasteiger partial charge is 0.295 e. The van der Waals surface area contributed by atoms with Crippen molar-refractivity contribution in [1.82, 2.24) is 9.78 Å². The molecule has 0 saturated carbocycles. The van der Waals surface area contributed by atoms with Gasteiger partial charge in [-0.15, -0.1) is 0 Å². The molecule has 0 saturated heterocycles. The molecule has 2 rings (SSSR count).